The lowest BCUT2D eigenvalue weighted by Crippen LogP contribution is -2.40. The van der Waals surface area contributed by atoms with Gasteiger partial charge in [-0.3, -0.25) is 4.79 Å². The third-order valence-corrected chi connectivity index (χ3v) is 2.89. The van der Waals surface area contributed by atoms with E-state index in [0.29, 0.717) is 11.4 Å². The Bertz CT molecular complexity index is 473. The van der Waals surface area contributed by atoms with Crippen LogP contribution in [0.15, 0.2) is 6.20 Å². The molecule has 1 aromatic heterocycles. The van der Waals surface area contributed by atoms with E-state index in [2.05, 4.69) is 15.6 Å². The molecule has 1 fully saturated rings. The Morgan fingerprint density at radius 3 is 2.80 bits per heavy atom. The van der Waals surface area contributed by atoms with Gasteiger partial charge in [0.1, 0.15) is 5.54 Å². The van der Waals surface area contributed by atoms with Crippen molar-refractivity contribution < 1.29 is 14.7 Å². The zero-order valence-corrected chi connectivity index (χ0v) is 7.76. The number of carboxylic acids is 1. The van der Waals surface area contributed by atoms with Crippen molar-refractivity contribution in [2.45, 2.75) is 18.4 Å². The summed E-state index contributed by atoms with van der Waals surface area (Å²) in [7, 11) is 0. The Morgan fingerprint density at radius 2 is 2.20 bits per heavy atom. The highest BCUT2D eigenvalue weighted by atomic mass is 16.4. The average Bonchev–Trinajstić information content (AvgIpc) is 2.82. The molecule has 1 aliphatic heterocycles. The van der Waals surface area contributed by atoms with Crippen LogP contribution in [0.2, 0.25) is 0 Å². The summed E-state index contributed by atoms with van der Waals surface area (Å²) in [4.78, 5) is 25.1. The number of carbonyl (C=O) groups is 2. The van der Waals surface area contributed by atoms with Gasteiger partial charge in [0.25, 0.3) is 0 Å². The molecular formula is C9H9N3O3. The molecule has 3 rings (SSSR count). The van der Waals surface area contributed by atoms with Crippen LogP contribution in [-0.4, -0.2) is 27.5 Å². The fourth-order valence-corrected chi connectivity index (χ4v) is 1.85. The van der Waals surface area contributed by atoms with Gasteiger partial charge in [-0.15, -0.1) is 0 Å². The zero-order valence-electron chi connectivity index (χ0n) is 7.76. The monoisotopic (exact) mass is 207 g/mol. The molecule has 6 heteroatoms. The Morgan fingerprint density at radius 1 is 1.47 bits per heavy atom. The summed E-state index contributed by atoms with van der Waals surface area (Å²) >= 11 is 0. The summed E-state index contributed by atoms with van der Waals surface area (Å²) in [6.07, 6.45) is 3.16. The number of anilines is 2. The number of aromatic carboxylic acids is 1. The van der Waals surface area contributed by atoms with Gasteiger partial charge in [-0.2, -0.15) is 0 Å². The van der Waals surface area contributed by atoms with Crippen LogP contribution in [-0.2, 0) is 4.79 Å². The van der Waals surface area contributed by atoms with Gasteiger partial charge < -0.3 is 20.7 Å². The van der Waals surface area contributed by atoms with E-state index in [1.54, 1.807) is 6.20 Å². The number of H-pyrrole nitrogens is 1. The minimum Gasteiger partial charge on any atom is -0.477 e. The molecular weight excluding hydrogens is 198 g/mol. The summed E-state index contributed by atoms with van der Waals surface area (Å²) in [6.45, 7) is 0. The van der Waals surface area contributed by atoms with Gasteiger partial charge in [0.05, 0.1) is 11.4 Å². The first-order chi connectivity index (χ1) is 7.12. The maximum Gasteiger partial charge on any atom is 0.354 e. The van der Waals surface area contributed by atoms with Gasteiger partial charge in [-0.25, -0.2) is 4.79 Å². The van der Waals surface area contributed by atoms with Crippen molar-refractivity contribution >= 4 is 23.3 Å². The predicted molar refractivity (Wildman–Crippen MR) is 52.0 cm³/mol. The summed E-state index contributed by atoms with van der Waals surface area (Å²) in [5, 5.41) is 14.5. The van der Waals surface area contributed by atoms with E-state index >= 15 is 0 Å². The van der Waals surface area contributed by atoms with Gasteiger partial charge in [-0.05, 0) is 12.8 Å². The Balaban J connectivity index is 2.06. The van der Waals surface area contributed by atoms with E-state index in [0.717, 1.165) is 12.8 Å². The van der Waals surface area contributed by atoms with Crippen LogP contribution >= 0.6 is 0 Å². The lowest BCUT2D eigenvalue weighted by atomic mass is 10.1. The molecule has 1 amide bonds. The average molecular weight is 207 g/mol. The molecule has 4 N–H and O–H groups in total. The standard InChI is InChI=1S/C9H9N3O3/c13-7(14)6-5-4(3-10-6)12-9(1-2-9)8(15)11-5/h3,10,12H,1-2H2,(H,11,15)(H,13,14). The maximum absolute atomic E-state index is 11.6. The largest absolute Gasteiger partial charge is 0.477 e. The summed E-state index contributed by atoms with van der Waals surface area (Å²) < 4.78 is 0. The Kier molecular flexibility index (Phi) is 1.30. The van der Waals surface area contributed by atoms with Crippen LogP contribution in [0.25, 0.3) is 0 Å². The molecule has 0 saturated heterocycles. The van der Waals surface area contributed by atoms with Crippen molar-refractivity contribution in [1.29, 1.82) is 0 Å². The maximum atomic E-state index is 11.6. The van der Waals surface area contributed by atoms with Crippen LogP contribution in [0.1, 0.15) is 23.3 Å². The van der Waals surface area contributed by atoms with Crippen molar-refractivity contribution in [1.82, 2.24) is 4.98 Å². The lowest BCUT2D eigenvalue weighted by Gasteiger charge is -2.24. The second kappa shape index (κ2) is 2.33. The molecule has 15 heavy (non-hydrogen) atoms. The number of rotatable bonds is 1. The van der Waals surface area contributed by atoms with E-state index in [1.165, 1.54) is 0 Å². The lowest BCUT2D eigenvalue weighted by molar-refractivity contribution is -0.117. The molecule has 78 valence electrons. The van der Waals surface area contributed by atoms with Crippen LogP contribution < -0.4 is 10.6 Å². The second-order valence-corrected chi connectivity index (χ2v) is 3.92. The van der Waals surface area contributed by atoms with Crippen molar-refractivity contribution in [2.24, 2.45) is 0 Å². The highest BCUT2D eigenvalue weighted by Gasteiger charge is 2.53. The van der Waals surface area contributed by atoms with E-state index in [9.17, 15) is 9.59 Å². The molecule has 0 aromatic carbocycles. The first kappa shape index (κ1) is 8.34. The van der Waals surface area contributed by atoms with Gasteiger partial charge in [0, 0.05) is 6.20 Å². The Hall–Kier alpha value is -1.98. The van der Waals surface area contributed by atoms with Crippen molar-refractivity contribution in [3.8, 4) is 0 Å². The van der Waals surface area contributed by atoms with Crippen LogP contribution in [0, 0.1) is 0 Å². The molecule has 1 spiro atoms. The number of carboxylic acid groups (broad SMARTS) is 1. The van der Waals surface area contributed by atoms with E-state index in [1.807, 2.05) is 0 Å². The summed E-state index contributed by atoms with van der Waals surface area (Å²) in [6, 6.07) is 0. The topological polar surface area (TPSA) is 94.2 Å². The van der Waals surface area contributed by atoms with Crippen molar-refractivity contribution in [3.05, 3.63) is 11.9 Å². The SMILES string of the molecule is O=C(O)c1[nH]cc2c1NC(=O)C1(CC1)N2. The first-order valence-electron chi connectivity index (χ1n) is 4.67. The number of carbonyl (C=O) groups excluding carboxylic acids is 1. The molecule has 6 nitrogen and oxygen atoms in total. The molecule has 0 radical (unpaired) electrons. The molecule has 2 aliphatic rings. The number of aromatic amines is 1. The third-order valence-electron chi connectivity index (χ3n) is 2.89. The van der Waals surface area contributed by atoms with Gasteiger partial charge >= 0.3 is 5.97 Å². The number of amides is 1. The second-order valence-electron chi connectivity index (χ2n) is 3.92. The molecule has 0 unspecified atom stereocenters. The molecule has 1 aromatic rings. The molecule has 0 atom stereocenters. The fraction of sp³-hybridized carbons (Fsp3) is 0.333. The van der Waals surface area contributed by atoms with Crippen molar-refractivity contribution in [3.63, 3.8) is 0 Å². The molecule has 1 saturated carbocycles. The third kappa shape index (κ3) is 0.984. The van der Waals surface area contributed by atoms with Crippen LogP contribution in [0.3, 0.4) is 0 Å². The number of aromatic nitrogens is 1. The summed E-state index contributed by atoms with van der Waals surface area (Å²) in [5.74, 6) is -1.22. The number of fused-ring (bicyclic) bond motifs is 1. The van der Waals surface area contributed by atoms with Crippen molar-refractivity contribution in [2.75, 3.05) is 10.6 Å². The summed E-state index contributed by atoms with van der Waals surface area (Å²) in [5.41, 5.74) is 0.529. The van der Waals surface area contributed by atoms with Gasteiger partial charge in [-0.1, -0.05) is 0 Å². The highest BCUT2D eigenvalue weighted by Crippen LogP contribution is 2.45. The Labute approximate surface area is 84.7 Å². The van der Waals surface area contributed by atoms with E-state index in [-0.39, 0.29) is 11.6 Å². The minimum absolute atomic E-state index is 0.0151. The van der Waals surface area contributed by atoms with E-state index in [4.69, 9.17) is 5.11 Å². The number of hydrogen-bond donors (Lipinski definition) is 4. The van der Waals surface area contributed by atoms with E-state index < -0.39 is 11.5 Å². The van der Waals surface area contributed by atoms with Gasteiger partial charge in [0.2, 0.25) is 5.91 Å². The first-order valence-corrected chi connectivity index (χ1v) is 4.67. The molecule has 2 heterocycles. The predicted octanol–water partition coefficient (Wildman–Crippen LogP) is 0.609. The molecule has 0 bridgehead atoms. The zero-order chi connectivity index (χ0) is 10.6. The number of nitrogens with one attached hydrogen (secondary N) is 3. The smallest absolute Gasteiger partial charge is 0.354 e. The minimum atomic E-state index is -1.08. The number of hydrogen-bond acceptors (Lipinski definition) is 3. The highest BCUT2D eigenvalue weighted by molar-refractivity contribution is 6.12. The van der Waals surface area contributed by atoms with Gasteiger partial charge in [0.15, 0.2) is 5.69 Å². The van der Waals surface area contributed by atoms with Crippen LogP contribution in [0.4, 0.5) is 11.4 Å². The quantitative estimate of drug-likeness (QED) is 0.542. The fourth-order valence-electron chi connectivity index (χ4n) is 1.85. The van der Waals surface area contributed by atoms with Crippen LogP contribution in [0.5, 0.6) is 0 Å². The normalized spacial score (nSPS) is 20.4. The molecule has 1 aliphatic carbocycles.